The highest BCUT2D eigenvalue weighted by atomic mass is 32.2. The molecule has 1 N–H and O–H groups in total. The van der Waals surface area contributed by atoms with Gasteiger partial charge in [0.15, 0.2) is 0 Å². The molecule has 0 fully saturated rings. The summed E-state index contributed by atoms with van der Waals surface area (Å²) in [6.07, 6.45) is 0. The van der Waals surface area contributed by atoms with Crippen LogP contribution in [0.2, 0.25) is 0 Å². The first kappa shape index (κ1) is 18.1. The molecule has 0 aliphatic heterocycles. The topological polar surface area (TPSA) is 102 Å². The second-order valence-electron chi connectivity index (χ2n) is 5.92. The van der Waals surface area contributed by atoms with Crippen molar-refractivity contribution in [2.45, 2.75) is 4.90 Å². The van der Waals surface area contributed by atoms with E-state index in [-0.39, 0.29) is 10.6 Å². The highest BCUT2D eigenvalue weighted by Gasteiger charge is 2.16. The molecule has 0 saturated heterocycles. The second-order valence-corrected chi connectivity index (χ2v) is 8.63. The van der Waals surface area contributed by atoms with E-state index in [1.54, 1.807) is 35.6 Å². The van der Waals surface area contributed by atoms with Crippen molar-refractivity contribution >= 4 is 43.0 Å². The number of benzene rings is 3. The molecule has 3 aromatic carbocycles. The fourth-order valence-corrected chi connectivity index (χ4v) is 4.67. The van der Waals surface area contributed by atoms with E-state index < -0.39 is 14.9 Å². The van der Waals surface area contributed by atoms with Crippen molar-refractivity contribution < 1.29 is 13.3 Å². The number of hydrogen-bond donors (Lipinski definition) is 1. The van der Waals surface area contributed by atoms with Gasteiger partial charge in [0.2, 0.25) is 0 Å². The zero-order valence-electron chi connectivity index (χ0n) is 14.3. The summed E-state index contributed by atoms with van der Waals surface area (Å²) >= 11 is 1.57. The molecule has 0 bridgehead atoms. The molecule has 28 heavy (non-hydrogen) atoms. The zero-order valence-corrected chi connectivity index (χ0v) is 15.9. The molecule has 4 rings (SSSR count). The minimum absolute atomic E-state index is 0.0478. The molecule has 7 nitrogen and oxygen atoms in total. The molecule has 1 aromatic heterocycles. The lowest BCUT2D eigenvalue weighted by Gasteiger charge is -2.08. The largest absolute Gasteiger partial charge is 0.280 e. The number of aromatic nitrogens is 1. The van der Waals surface area contributed by atoms with Crippen LogP contribution in [-0.2, 0) is 10.0 Å². The van der Waals surface area contributed by atoms with Gasteiger partial charge >= 0.3 is 0 Å². The number of para-hydroxylation sites is 1. The normalized spacial score (nSPS) is 11.4. The van der Waals surface area contributed by atoms with Crippen molar-refractivity contribution in [3.8, 4) is 10.6 Å². The third kappa shape index (κ3) is 3.57. The summed E-state index contributed by atoms with van der Waals surface area (Å²) in [7, 11) is -3.84. The van der Waals surface area contributed by atoms with Crippen molar-refractivity contribution in [2.24, 2.45) is 0 Å². The van der Waals surface area contributed by atoms with Crippen LogP contribution in [0.1, 0.15) is 0 Å². The minimum atomic E-state index is -3.84. The fourth-order valence-electron chi connectivity index (χ4n) is 2.64. The number of fused-ring (bicyclic) bond motifs is 1. The molecule has 1 heterocycles. The monoisotopic (exact) mass is 411 g/mol. The molecule has 140 valence electrons. The maximum Gasteiger partial charge on any atom is 0.269 e. The lowest BCUT2D eigenvalue weighted by Crippen LogP contribution is -2.12. The van der Waals surface area contributed by atoms with Gasteiger partial charge in [0.25, 0.3) is 15.7 Å². The molecular formula is C19H13N3O4S2. The van der Waals surface area contributed by atoms with Crippen molar-refractivity contribution in [2.75, 3.05) is 4.72 Å². The van der Waals surface area contributed by atoms with Gasteiger partial charge in [-0.15, -0.1) is 11.3 Å². The number of rotatable bonds is 5. The van der Waals surface area contributed by atoms with Crippen molar-refractivity contribution in [3.05, 3.63) is 82.9 Å². The Balaban J connectivity index is 1.55. The van der Waals surface area contributed by atoms with E-state index in [1.165, 1.54) is 12.1 Å². The van der Waals surface area contributed by atoms with Gasteiger partial charge in [-0.1, -0.05) is 12.1 Å². The highest BCUT2D eigenvalue weighted by Crippen LogP contribution is 2.31. The molecule has 0 spiro atoms. The van der Waals surface area contributed by atoms with Crippen molar-refractivity contribution in [1.82, 2.24) is 4.98 Å². The van der Waals surface area contributed by atoms with E-state index in [0.717, 1.165) is 32.9 Å². The molecular weight excluding hydrogens is 398 g/mol. The lowest BCUT2D eigenvalue weighted by atomic mass is 10.2. The van der Waals surface area contributed by atoms with Crippen LogP contribution < -0.4 is 4.72 Å². The lowest BCUT2D eigenvalue weighted by molar-refractivity contribution is -0.384. The standard InChI is InChI=1S/C19H13N3O4S2/c23-22(24)15-9-11-16(12-10-15)28(25,26)21-14-7-5-13(6-8-14)19-20-17-3-1-2-4-18(17)27-19/h1-12,21H. The first-order valence-electron chi connectivity index (χ1n) is 8.16. The molecule has 0 radical (unpaired) electrons. The summed E-state index contributed by atoms with van der Waals surface area (Å²) in [5, 5.41) is 11.5. The van der Waals surface area contributed by atoms with E-state index >= 15 is 0 Å². The molecule has 9 heteroatoms. The number of nitro benzene ring substituents is 1. The van der Waals surface area contributed by atoms with Crippen LogP contribution in [0.15, 0.2) is 77.7 Å². The number of thiazole rings is 1. The Hall–Kier alpha value is -3.30. The van der Waals surface area contributed by atoms with E-state index in [4.69, 9.17) is 0 Å². The van der Waals surface area contributed by atoms with E-state index in [9.17, 15) is 18.5 Å². The fraction of sp³-hybridized carbons (Fsp3) is 0. The highest BCUT2D eigenvalue weighted by molar-refractivity contribution is 7.92. The summed E-state index contributed by atoms with van der Waals surface area (Å²) in [5.74, 6) is 0. The van der Waals surface area contributed by atoms with Crippen LogP contribution in [0, 0.1) is 10.1 Å². The van der Waals surface area contributed by atoms with Gasteiger partial charge in [-0.05, 0) is 48.5 Å². The zero-order chi connectivity index (χ0) is 19.7. The SMILES string of the molecule is O=[N+]([O-])c1ccc(S(=O)(=O)Nc2ccc(-c3nc4ccccc4s3)cc2)cc1. The maximum atomic E-state index is 12.5. The summed E-state index contributed by atoms with van der Waals surface area (Å²) in [6.45, 7) is 0. The van der Waals surface area contributed by atoms with Crippen molar-refractivity contribution in [3.63, 3.8) is 0 Å². The number of nitrogens with one attached hydrogen (secondary N) is 1. The second kappa shape index (κ2) is 7.02. The Kier molecular flexibility index (Phi) is 4.54. The predicted molar refractivity (Wildman–Crippen MR) is 109 cm³/mol. The van der Waals surface area contributed by atoms with E-state index in [2.05, 4.69) is 9.71 Å². The Morgan fingerprint density at radius 1 is 0.929 bits per heavy atom. The van der Waals surface area contributed by atoms with Gasteiger partial charge < -0.3 is 0 Å². The molecule has 0 aliphatic carbocycles. The van der Waals surface area contributed by atoms with Crippen LogP contribution in [0.4, 0.5) is 11.4 Å². The first-order valence-corrected chi connectivity index (χ1v) is 10.5. The number of non-ortho nitro benzene ring substituents is 1. The Morgan fingerprint density at radius 2 is 1.61 bits per heavy atom. The molecule has 0 amide bonds. The number of nitrogens with zero attached hydrogens (tertiary/aromatic N) is 2. The van der Waals surface area contributed by atoms with Gasteiger partial charge in [-0.3, -0.25) is 14.8 Å². The van der Waals surface area contributed by atoms with Crippen LogP contribution in [0.5, 0.6) is 0 Å². The van der Waals surface area contributed by atoms with Crippen LogP contribution in [-0.4, -0.2) is 18.3 Å². The van der Waals surface area contributed by atoms with Crippen LogP contribution >= 0.6 is 11.3 Å². The number of nitro groups is 1. The Morgan fingerprint density at radius 3 is 2.25 bits per heavy atom. The maximum absolute atomic E-state index is 12.5. The average molecular weight is 411 g/mol. The van der Waals surface area contributed by atoms with Gasteiger partial charge in [-0.2, -0.15) is 0 Å². The van der Waals surface area contributed by atoms with Crippen LogP contribution in [0.3, 0.4) is 0 Å². The van der Waals surface area contributed by atoms with Gasteiger partial charge in [0.05, 0.1) is 20.0 Å². The number of hydrogen-bond acceptors (Lipinski definition) is 6. The summed E-state index contributed by atoms with van der Waals surface area (Å²) in [5.41, 5.74) is 2.03. The first-order chi connectivity index (χ1) is 13.4. The van der Waals surface area contributed by atoms with Gasteiger partial charge in [-0.25, -0.2) is 13.4 Å². The number of sulfonamides is 1. The molecule has 4 aromatic rings. The Bertz CT molecular complexity index is 1230. The molecule has 0 atom stereocenters. The average Bonchev–Trinajstić information content (AvgIpc) is 3.12. The molecule has 0 saturated carbocycles. The van der Waals surface area contributed by atoms with Crippen molar-refractivity contribution in [1.29, 1.82) is 0 Å². The summed E-state index contributed by atoms with van der Waals surface area (Å²) in [6, 6.07) is 19.5. The molecule has 0 unspecified atom stereocenters. The van der Waals surface area contributed by atoms with E-state index in [1.807, 2.05) is 24.3 Å². The van der Waals surface area contributed by atoms with Gasteiger partial charge in [0.1, 0.15) is 5.01 Å². The summed E-state index contributed by atoms with van der Waals surface area (Å²) in [4.78, 5) is 14.7. The third-order valence-corrected chi connectivity index (χ3v) is 6.52. The minimum Gasteiger partial charge on any atom is -0.280 e. The quantitative estimate of drug-likeness (QED) is 0.380. The third-order valence-electron chi connectivity index (χ3n) is 4.04. The molecule has 0 aliphatic rings. The Labute approximate surface area is 164 Å². The summed E-state index contributed by atoms with van der Waals surface area (Å²) < 4.78 is 28.5. The predicted octanol–water partition coefficient (Wildman–Crippen LogP) is 4.67. The smallest absolute Gasteiger partial charge is 0.269 e. The van der Waals surface area contributed by atoms with Gasteiger partial charge in [0, 0.05) is 23.4 Å². The number of anilines is 1. The van der Waals surface area contributed by atoms with E-state index in [0.29, 0.717) is 5.69 Å². The van der Waals surface area contributed by atoms with Crippen LogP contribution in [0.25, 0.3) is 20.8 Å².